The zero-order chi connectivity index (χ0) is 22.4. The summed E-state index contributed by atoms with van der Waals surface area (Å²) in [6.45, 7) is 5.15. The van der Waals surface area contributed by atoms with Gasteiger partial charge in [0.1, 0.15) is 11.3 Å². The second-order valence-corrected chi connectivity index (χ2v) is 8.69. The number of rotatable bonds is 4. The van der Waals surface area contributed by atoms with Crippen molar-refractivity contribution in [1.82, 2.24) is 29.1 Å². The van der Waals surface area contributed by atoms with Crippen LogP contribution < -0.4 is 15.8 Å². The van der Waals surface area contributed by atoms with Gasteiger partial charge in [0.15, 0.2) is 5.65 Å². The van der Waals surface area contributed by atoms with Gasteiger partial charge in [-0.05, 0) is 44.0 Å². The van der Waals surface area contributed by atoms with Gasteiger partial charge in [-0.3, -0.25) is 13.8 Å². The van der Waals surface area contributed by atoms with Gasteiger partial charge in [0, 0.05) is 30.5 Å². The number of nitrogens with one attached hydrogen (secondary N) is 1. The van der Waals surface area contributed by atoms with E-state index in [0.29, 0.717) is 23.1 Å². The molecule has 1 aromatic carbocycles. The van der Waals surface area contributed by atoms with Crippen LogP contribution in [0, 0.1) is 6.92 Å². The Balaban J connectivity index is 1.39. The summed E-state index contributed by atoms with van der Waals surface area (Å²) in [7, 11) is 0. The van der Waals surface area contributed by atoms with Crippen LogP contribution in [0.25, 0.3) is 16.8 Å². The lowest BCUT2D eigenvalue weighted by Crippen LogP contribution is -2.36. The number of aromatic nitrogens is 6. The van der Waals surface area contributed by atoms with Gasteiger partial charge >= 0.3 is 0 Å². The predicted octanol–water partition coefficient (Wildman–Crippen LogP) is 2.84. The SMILES string of the molecule is Cc1nnc2c(=O)n(C3CCCC3)c3nc(Nc4ccc(N5CCOCC5)cc4)ncc3n12. The maximum Gasteiger partial charge on any atom is 0.298 e. The van der Waals surface area contributed by atoms with Crippen LogP contribution in [0.1, 0.15) is 37.5 Å². The molecular weight excluding hydrogens is 420 g/mol. The van der Waals surface area contributed by atoms with Gasteiger partial charge in [-0.2, -0.15) is 4.98 Å². The summed E-state index contributed by atoms with van der Waals surface area (Å²) in [4.78, 5) is 25.0. The van der Waals surface area contributed by atoms with Gasteiger partial charge in [-0.1, -0.05) is 12.8 Å². The van der Waals surface area contributed by atoms with Crippen molar-refractivity contribution in [3.63, 3.8) is 0 Å². The first kappa shape index (κ1) is 20.1. The van der Waals surface area contributed by atoms with Crippen LogP contribution in [0.15, 0.2) is 35.3 Å². The van der Waals surface area contributed by atoms with Gasteiger partial charge in [0.05, 0.1) is 19.4 Å². The largest absolute Gasteiger partial charge is 0.378 e. The molecule has 4 heterocycles. The number of morpholine rings is 1. The molecule has 2 fully saturated rings. The molecule has 3 aromatic heterocycles. The van der Waals surface area contributed by atoms with Crippen molar-refractivity contribution in [2.24, 2.45) is 0 Å². The van der Waals surface area contributed by atoms with Gasteiger partial charge in [0.25, 0.3) is 5.56 Å². The first-order valence-corrected chi connectivity index (χ1v) is 11.5. The molecule has 1 aliphatic carbocycles. The topological polar surface area (TPSA) is 102 Å². The standard InChI is InChI=1S/C23H26N8O2/c1-15-27-28-21-22(32)31(18-4-2-3-5-18)20-19(30(15)21)14-24-23(26-20)25-16-6-8-17(9-7-16)29-10-12-33-13-11-29/h6-9,14,18H,2-5,10-13H2,1H3,(H,24,25,26). The lowest BCUT2D eigenvalue weighted by Gasteiger charge is -2.28. The van der Waals surface area contributed by atoms with Crippen LogP contribution in [-0.4, -0.2) is 55.4 Å². The quantitative estimate of drug-likeness (QED) is 0.511. The molecule has 1 aliphatic heterocycles. The van der Waals surface area contributed by atoms with E-state index in [4.69, 9.17) is 9.72 Å². The smallest absolute Gasteiger partial charge is 0.298 e. The number of hydrogen-bond donors (Lipinski definition) is 1. The van der Waals surface area contributed by atoms with Gasteiger partial charge in [-0.15, -0.1) is 10.2 Å². The van der Waals surface area contributed by atoms with Crippen molar-refractivity contribution in [3.05, 3.63) is 46.6 Å². The fourth-order valence-corrected chi connectivity index (χ4v) is 4.96. The molecule has 1 saturated carbocycles. The zero-order valence-corrected chi connectivity index (χ0v) is 18.6. The number of hydrogen-bond acceptors (Lipinski definition) is 8. The minimum absolute atomic E-state index is 0.123. The highest BCUT2D eigenvalue weighted by atomic mass is 16.5. The first-order valence-electron chi connectivity index (χ1n) is 11.5. The monoisotopic (exact) mass is 446 g/mol. The molecule has 0 amide bonds. The second-order valence-electron chi connectivity index (χ2n) is 8.69. The lowest BCUT2D eigenvalue weighted by atomic mass is 10.2. The third kappa shape index (κ3) is 3.50. The minimum atomic E-state index is -0.144. The highest BCUT2D eigenvalue weighted by molar-refractivity contribution is 5.75. The molecule has 2 aliphatic rings. The molecule has 10 nitrogen and oxygen atoms in total. The van der Waals surface area contributed by atoms with Crippen LogP contribution in [-0.2, 0) is 4.74 Å². The van der Waals surface area contributed by atoms with Gasteiger partial charge < -0.3 is 15.0 Å². The van der Waals surface area contributed by atoms with E-state index in [1.807, 2.05) is 19.1 Å². The van der Waals surface area contributed by atoms with Crippen molar-refractivity contribution in [3.8, 4) is 0 Å². The summed E-state index contributed by atoms with van der Waals surface area (Å²) in [6.07, 6.45) is 5.91. The lowest BCUT2D eigenvalue weighted by molar-refractivity contribution is 0.122. The Morgan fingerprint density at radius 3 is 2.55 bits per heavy atom. The Bertz CT molecular complexity index is 1370. The molecule has 10 heteroatoms. The highest BCUT2D eigenvalue weighted by Gasteiger charge is 2.25. The van der Waals surface area contributed by atoms with E-state index in [9.17, 15) is 4.79 Å². The van der Waals surface area contributed by atoms with Crippen LogP contribution in [0.3, 0.4) is 0 Å². The normalized spacial score (nSPS) is 17.3. The van der Waals surface area contributed by atoms with E-state index in [1.165, 1.54) is 5.69 Å². The summed E-state index contributed by atoms with van der Waals surface area (Å²) in [5.41, 5.74) is 3.60. The van der Waals surface area contributed by atoms with E-state index >= 15 is 0 Å². The van der Waals surface area contributed by atoms with Crippen molar-refractivity contribution >= 4 is 34.1 Å². The van der Waals surface area contributed by atoms with E-state index in [0.717, 1.165) is 63.2 Å². The van der Waals surface area contributed by atoms with E-state index in [2.05, 4.69) is 37.5 Å². The summed E-state index contributed by atoms with van der Waals surface area (Å²) in [5, 5.41) is 11.6. The average molecular weight is 447 g/mol. The molecule has 0 spiro atoms. The van der Waals surface area contributed by atoms with Crippen molar-refractivity contribution in [2.45, 2.75) is 38.6 Å². The second kappa shape index (κ2) is 8.11. The van der Waals surface area contributed by atoms with Crippen molar-refractivity contribution in [2.75, 3.05) is 36.5 Å². The van der Waals surface area contributed by atoms with Crippen LogP contribution in [0.2, 0.25) is 0 Å². The molecule has 33 heavy (non-hydrogen) atoms. The minimum Gasteiger partial charge on any atom is -0.378 e. The van der Waals surface area contributed by atoms with Crippen LogP contribution in [0.5, 0.6) is 0 Å². The third-order valence-corrected chi connectivity index (χ3v) is 6.64. The molecular formula is C23H26N8O2. The first-order chi connectivity index (χ1) is 16.2. The molecule has 170 valence electrons. The fourth-order valence-electron chi connectivity index (χ4n) is 4.96. The Kier molecular flexibility index (Phi) is 4.94. The van der Waals surface area contributed by atoms with Crippen LogP contribution >= 0.6 is 0 Å². The molecule has 0 radical (unpaired) electrons. The molecule has 0 bridgehead atoms. The molecule has 0 unspecified atom stereocenters. The zero-order valence-electron chi connectivity index (χ0n) is 18.6. The van der Waals surface area contributed by atoms with Gasteiger partial charge in [-0.25, -0.2) is 4.98 Å². The Morgan fingerprint density at radius 2 is 1.79 bits per heavy atom. The van der Waals surface area contributed by atoms with Crippen molar-refractivity contribution in [1.29, 1.82) is 0 Å². The summed E-state index contributed by atoms with van der Waals surface area (Å²) < 4.78 is 9.00. The molecule has 1 N–H and O–H groups in total. The maximum atomic E-state index is 13.3. The maximum absolute atomic E-state index is 13.3. The van der Waals surface area contributed by atoms with E-state index in [1.54, 1.807) is 15.2 Å². The third-order valence-electron chi connectivity index (χ3n) is 6.64. The van der Waals surface area contributed by atoms with Crippen molar-refractivity contribution < 1.29 is 4.74 Å². The fraction of sp³-hybridized carbons (Fsp3) is 0.435. The number of ether oxygens (including phenoxy) is 1. The average Bonchev–Trinajstić information content (AvgIpc) is 3.51. The number of fused-ring (bicyclic) bond motifs is 3. The molecule has 4 aromatic rings. The summed E-state index contributed by atoms with van der Waals surface area (Å²) in [5.74, 6) is 1.10. The number of aryl methyl sites for hydroxylation is 1. The summed E-state index contributed by atoms with van der Waals surface area (Å²) >= 11 is 0. The Labute approximate surface area is 190 Å². The highest BCUT2D eigenvalue weighted by Crippen LogP contribution is 2.31. The van der Waals surface area contributed by atoms with Crippen LogP contribution in [0.4, 0.5) is 17.3 Å². The van der Waals surface area contributed by atoms with E-state index in [-0.39, 0.29) is 11.6 Å². The predicted molar refractivity (Wildman–Crippen MR) is 125 cm³/mol. The van der Waals surface area contributed by atoms with Gasteiger partial charge in [0.2, 0.25) is 11.6 Å². The van der Waals surface area contributed by atoms with E-state index < -0.39 is 0 Å². The number of anilines is 3. The number of benzene rings is 1. The summed E-state index contributed by atoms with van der Waals surface area (Å²) in [6, 6.07) is 8.35. The Hall–Kier alpha value is -3.53. The molecule has 6 rings (SSSR count). The molecule has 1 saturated heterocycles. The Morgan fingerprint density at radius 1 is 1.03 bits per heavy atom. The molecule has 0 atom stereocenters. The number of nitrogens with zero attached hydrogens (tertiary/aromatic N) is 7.